The average Bonchev–Trinajstić information content (AvgIpc) is 2.90. The summed E-state index contributed by atoms with van der Waals surface area (Å²) in [6, 6.07) is 0. The van der Waals surface area contributed by atoms with Crippen LogP contribution in [0.15, 0.2) is 18.7 Å². The lowest BCUT2D eigenvalue weighted by atomic mass is 9.94. The molecule has 1 aromatic heterocycles. The number of hydrogen-bond acceptors (Lipinski definition) is 5. The molecule has 0 aromatic carbocycles. The lowest BCUT2D eigenvalue weighted by molar-refractivity contribution is -0.165. The van der Waals surface area contributed by atoms with Gasteiger partial charge in [-0.3, -0.25) is 4.79 Å². The van der Waals surface area contributed by atoms with Gasteiger partial charge in [-0.25, -0.2) is 13.4 Å². The number of carbonyl (C=O) groups excluding carboxylic acids is 1. The first-order chi connectivity index (χ1) is 10.8. The number of sulfone groups is 1. The molecule has 0 saturated carbocycles. The molecule has 0 bridgehead atoms. The highest BCUT2D eigenvalue weighted by Crippen LogP contribution is 2.33. The summed E-state index contributed by atoms with van der Waals surface area (Å²) in [6.45, 7) is 5.29. The Morgan fingerprint density at radius 3 is 2.74 bits per heavy atom. The standard InChI is InChI=1S/C15H23N3O4S/c1-12(2)5-14(19)18-8-15(9-18)10-23(20,21)13(7-22-15)6-17-4-3-16-11-17/h3-4,11-13H,5-10H2,1-2H3/t13-/m0/s1. The van der Waals surface area contributed by atoms with Gasteiger partial charge in [-0.15, -0.1) is 0 Å². The highest BCUT2D eigenvalue weighted by Gasteiger charge is 2.53. The largest absolute Gasteiger partial charge is 0.369 e. The summed E-state index contributed by atoms with van der Waals surface area (Å²) >= 11 is 0. The molecule has 1 aromatic rings. The van der Waals surface area contributed by atoms with E-state index < -0.39 is 20.7 Å². The minimum atomic E-state index is -3.25. The van der Waals surface area contributed by atoms with Gasteiger partial charge in [-0.2, -0.15) is 0 Å². The molecule has 2 fully saturated rings. The Labute approximate surface area is 136 Å². The predicted molar refractivity (Wildman–Crippen MR) is 84.5 cm³/mol. The molecule has 2 aliphatic heterocycles. The van der Waals surface area contributed by atoms with E-state index in [1.807, 2.05) is 13.8 Å². The van der Waals surface area contributed by atoms with E-state index in [9.17, 15) is 13.2 Å². The van der Waals surface area contributed by atoms with Crippen molar-refractivity contribution in [3.63, 3.8) is 0 Å². The third-order valence-corrected chi connectivity index (χ3v) is 6.64. The van der Waals surface area contributed by atoms with Crippen LogP contribution in [0.25, 0.3) is 0 Å². The fraction of sp³-hybridized carbons (Fsp3) is 0.733. The zero-order chi connectivity index (χ0) is 16.7. The van der Waals surface area contributed by atoms with Crippen molar-refractivity contribution in [2.45, 2.75) is 37.7 Å². The van der Waals surface area contributed by atoms with E-state index >= 15 is 0 Å². The molecule has 3 heterocycles. The van der Waals surface area contributed by atoms with Gasteiger partial charge in [-0.1, -0.05) is 13.8 Å². The first-order valence-electron chi connectivity index (χ1n) is 7.89. The molecule has 23 heavy (non-hydrogen) atoms. The third kappa shape index (κ3) is 3.42. The normalized spacial score (nSPS) is 25.5. The lowest BCUT2D eigenvalue weighted by Crippen LogP contribution is -2.70. The summed E-state index contributed by atoms with van der Waals surface area (Å²) in [5, 5.41) is -0.553. The summed E-state index contributed by atoms with van der Waals surface area (Å²) in [7, 11) is -3.25. The number of likely N-dealkylation sites (tertiary alicyclic amines) is 1. The molecule has 0 N–H and O–H groups in total. The number of imidazole rings is 1. The van der Waals surface area contributed by atoms with Crippen molar-refractivity contribution in [2.75, 3.05) is 25.4 Å². The topological polar surface area (TPSA) is 81.5 Å². The number of aromatic nitrogens is 2. The molecule has 1 atom stereocenters. The minimum absolute atomic E-state index is 0.00910. The molecule has 2 saturated heterocycles. The van der Waals surface area contributed by atoms with Crippen LogP contribution in [0.3, 0.4) is 0 Å². The number of rotatable bonds is 4. The highest BCUT2D eigenvalue weighted by atomic mass is 32.2. The van der Waals surface area contributed by atoms with Crippen LogP contribution in [0.1, 0.15) is 20.3 Å². The van der Waals surface area contributed by atoms with Gasteiger partial charge < -0.3 is 14.2 Å². The Kier molecular flexibility index (Phi) is 4.22. The Bertz CT molecular complexity index is 663. The molecule has 8 heteroatoms. The Morgan fingerprint density at radius 1 is 1.43 bits per heavy atom. The SMILES string of the molecule is CC(C)CC(=O)N1CC2(C1)CS(=O)(=O)[C@@H](Cn1ccnc1)CO2. The summed E-state index contributed by atoms with van der Waals surface area (Å²) in [4.78, 5) is 17.6. The second-order valence-corrected chi connectivity index (χ2v) is 9.31. The van der Waals surface area contributed by atoms with Crippen molar-refractivity contribution in [3.05, 3.63) is 18.7 Å². The molecule has 7 nitrogen and oxygen atoms in total. The molecule has 128 valence electrons. The Hall–Kier alpha value is -1.41. The minimum Gasteiger partial charge on any atom is -0.369 e. The fourth-order valence-electron chi connectivity index (χ4n) is 3.18. The van der Waals surface area contributed by atoms with Gasteiger partial charge in [0, 0.05) is 25.4 Å². The van der Waals surface area contributed by atoms with Crippen LogP contribution in [0.5, 0.6) is 0 Å². The highest BCUT2D eigenvalue weighted by molar-refractivity contribution is 7.92. The molecular weight excluding hydrogens is 318 g/mol. The van der Waals surface area contributed by atoms with E-state index in [0.717, 1.165) is 0 Å². The van der Waals surface area contributed by atoms with E-state index in [1.54, 1.807) is 28.2 Å². The van der Waals surface area contributed by atoms with Crippen molar-refractivity contribution in [3.8, 4) is 0 Å². The molecule has 0 aliphatic carbocycles. The van der Waals surface area contributed by atoms with Gasteiger partial charge >= 0.3 is 0 Å². The smallest absolute Gasteiger partial charge is 0.223 e. The van der Waals surface area contributed by atoms with E-state index in [2.05, 4.69) is 4.98 Å². The van der Waals surface area contributed by atoms with Gasteiger partial charge in [0.2, 0.25) is 5.91 Å². The number of ether oxygens (including phenoxy) is 1. The second-order valence-electron chi connectivity index (χ2n) is 7.03. The van der Waals surface area contributed by atoms with Crippen LogP contribution in [-0.2, 0) is 25.9 Å². The maximum Gasteiger partial charge on any atom is 0.223 e. The third-order valence-electron chi connectivity index (χ3n) is 4.41. The van der Waals surface area contributed by atoms with Crippen molar-refractivity contribution >= 4 is 15.7 Å². The Balaban J connectivity index is 1.59. The summed E-state index contributed by atoms with van der Waals surface area (Å²) < 4.78 is 32.7. The molecule has 1 spiro atoms. The van der Waals surface area contributed by atoms with E-state index in [4.69, 9.17) is 4.74 Å². The fourth-order valence-corrected chi connectivity index (χ4v) is 5.09. The van der Waals surface area contributed by atoms with Crippen molar-refractivity contribution in [2.24, 2.45) is 5.92 Å². The quantitative estimate of drug-likeness (QED) is 0.788. The molecule has 2 aliphatic rings. The molecule has 1 amide bonds. The molecular formula is C15H23N3O4S. The van der Waals surface area contributed by atoms with Gasteiger partial charge in [0.15, 0.2) is 9.84 Å². The second kappa shape index (κ2) is 5.90. The van der Waals surface area contributed by atoms with E-state index in [0.29, 0.717) is 32.0 Å². The van der Waals surface area contributed by atoms with Crippen LogP contribution in [0, 0.1) is 5.92 Å². The van der Waals surface area contributed by atoms with Crippen molar-refractivity contribution in [1.82, 2.24) is 14.5 Å². The first-order valence-corrected chi connectivity index (χ1v) is 9.60. The molecule has 0 radical (unpaired) electrons. The van der Waals surface area contributed by atoms with Gasteiger partial charge in [0.05, 0.1) is 31.8 Å². The van der Waals surface area contributed by atoms with Crippen LogP contribution in [0.2, 0.25) is 0 Å². The van der Waals surface area contributed by atoms with Crippen molar-refractivity contribution < 1.29 is 17.9 Å². The lowest BCUT2D eigenvalue weighted by Gasteiger charge is -2.52. The maximum absolute atomic E-state index is 12.6. The van der Waals surface area contributed by atoms with Crippen LogP contribution in [0.4, 0.5) is 0 Å². The van der Waals surface area contributed by atoms with Crippen LogP contribution in [-0.4, -0.2) is 65.1 Å². The van der Waals surface area contributed by atoms with E-state index in [-0.39, 0.29) is 18.3 Å². The number of hydrogen-bond donors (Lipinski definition) is 0. The number of amides is 1. The van der Waals surface area contributed by atoms with Gasteiger partial charge in [-0.05, 0) is 5.92 Å². The maximum atomic E-state index is 12.6. The average molecular weight is 341 g/mol. The van der Waals surface area contributed by atoms with Crippen LogP contribution < -0.4 is 0 Å². The van der Waals surface area contributed by atoms with Gasteiger partial charge in [0.1, 0.15) is 10.9 Å². The van der Waals surface area contributed by atoms with Gasteiger partial charge in [0.25, 0.3) is 0 Å². The zero-order valence-corrected chi connectivity index (χ0v) is 14.3. The summed E-state index contributed by atoms with van der Waals surface area (Å²) in [6.07, 6.45) is 5.47. The van der Waals surface area contributed by atoms with Crippen LogP contribution >= 0.6 is 0 Å². The predicted octanol–water partition coefficient (Wildman–Crippen LogP) is 0.324. The summed E-state index contributed by atoms with van der Waals surface area (Å²) in [5.41, 5.74) is -0.698. The first kappa shape index (κ1) is 16.4. The van der Waals surface area contributed by atoms with Crippen molar-refractivity contribution in [1.29, 1.82) is 0 Å². The zero-order valence-electron chi connectivity index (χ0n) is 13.5. The van der Waals surface area contributed by atoms with E-state index in [1.165, 1.54) is 0 Å². The molecule has 0 unspecified atom stereocenters. The summed E-state index contributed by atoms with van der Waals surface area (Å²) in [5.74, 6) is 0.368. The monoisotopic (exact) mass is 341 g/mol. The molecule has 3 rings (SSSR count). The number of nitrogens with zero attached hydrogens (tertiary/aromatic N) is 3. The number of carbonyl (C=O) groups is 1. The Morgan fingerprint density at radius 2 is 2.17 bits per heavy atom.